The van der Waals surface area contributed by atoms with Gasteiger partial charge in [-0.15, -0.1) is 0 Å². The molecule has 148 valence electrons. The first kappa shape index (κ1) is 20.9. The van der Waals surface area contributed by atoms with Crippen molar-refractivity contribution in [3.63, 3.8) is 0 Å². The highest BCUT2D eigenvalue weighted by molar-refractivity contribution is 6.00. The molecular formula is C20H22FN3O4. The molecule has 0 bridgehead atoms. The number of para-hydroxylation sites is 1. The highest BCUT2D eigenvalue weighted by atomic mass is 19.1. The molecule has 0 aromatic heterocycles. The van der Waals surface area contributed by atoms with E-state index >= 15 is 0 Å². The van der Waals surface area contributed by atoms with Crippen molar-refractivity contribution in [3.8, 4) is 0 Å². The van der Waals surface area contributed by atoms with E-state index in [1.54, 1.807) is 38.1 Å². The van der Waals surface area contributed by atoms with Crippen LogP contribution in [0.5, 0.6) is 0 Å². The summed E-state index contributed by atoms with van der Waals surface area (Å²) in [6, 6.07) is 10.7. The standard InChI is InChI=1S/C20H22FN3O4/c1-12(2)17(24-20(27)22-14-7-5-4-6-8-14)18(25)23-16-11-13(19(26)28-3)9-10-15(16)21/h4-12,17H,1-3H3,(H,23,25)(H2,22,24,27)/t17-/m0/s1. The van der Waals surface area contributed by atoms with Crippen molar-refractivity contribution >= 4 is 29.3 Å². The minimum absolute atomic E-state index is 0.0927. The second kappa shape index (κ2) is 9.50. The lowest BCUT2D eigenvalue weighted by molar-refractivity contribution is -0.118. The molecular weight excluding hydrogens is 365 g/mol. The van der Waals surface area contributed by atoms with Crippen LogP contribution >= 0.6 is 0 Å². The van der Waals surface area contributed by atoms with Crippen molar-refractivity contribution in [3.05, 3.63) is 59.9 Å². The molecule has 0 spiro atoms. The Kier molecular flexibility index (Phi) is 7.08. The zero-order chi connectivity index (χ0) is 20.7. The number of urea groups is 1. The first-order valence-electron chi connectivity index (χ1n) is 8.63. The molecule has 2 aromatic carbocycles. The van der Waals surface area contributed by atoms with Crippen molar-refractivity contribution < 1.29 is 23.5 Å². The molecule has 0 aliphatic carbocycles. The average Bonchev–Trinajstić information content (AvgIpc) is 2.67. The van der Waals surface area contributed by atoms with Gasteiger partial charge in [-0.25, -0.2) is 14.0 Å². The van der Waals surface area contributed by atoms with Crippen LogP contribution in [0.3, 0.4) is 0 Å². The van der Waals surface area contributed by atoms with Gasteiger partial charge in [-0.1, -0.05) is 32.0 Å². The smallest absolute Gasteiger partial charge is 0.337 e. The molecule has 0 aliphatic heterocycles. The predicted octanol–water partition coefficient (Wildman–Crippen LogP) is 3.40. The Bertz CT molecular complexity index is 856. The lowest BCUT2D eigenvalue weighted by Gasteiger charge is -2.22. The van der Waals surface area contributed by atoms with Gasteiger partial charge in [0, 0.05) is 5.69 Å². The second-order valence-electron chi connectivity index (χ2n) is 6.36. The molecule has 0 saturated carbocycles. The van der Waals surface area contributed by atoms with E-state index in [2.05, 4.69) is 20.7 Å². The number of ether oxygens (including phenoxy) is 1. The SMILES string of the molecule is COC(=O)c1ccc(F)c(NC(=O)[C@@H](NC(=O)Nc2ccccc2)C(C)C)c1. The highest BCUT2D eigenvalue weighted by Crippen LogP contribution is 2.18. The molecule has 3 N–H and O–H groups in total. The van der Waals surface area contributed by atoms with Gasteiger partial charge in [0.15, 0.2) is 0 Å². The number of halogens is 1. The Morgan fingerprint density at radius 2 is 1.68 bits per heavy atom. The van der Waals surface area contributed by atoms with E-state index in [9.17, 15) is 18.8 Å². The van der Waals surface area contributed by atoms with Crippen LogP contribution in [0.15, 0.2) is 48.5 Å². The van der Waals surface area contributed by atoms with Gasteiger partial charge in [-0.05, 0) is 36.2 Å². The molecule has 0 unspecified atom stereocenters. The molecule has 8 heteroatoms. The molecule has 2 rings (SSSR count). The van der Waals surface area contributed by atoms with E-state index in [0.29, 0.717) is 5.69 Å². The maximum atomic E-state index is 14.0. The summed E-state index contributed by atoms with van der Waals surface area (Å²) >= 11 is 0. The van der Waals surface area contributed by atoms with Crippen LogP contribution in [-0.4, -0.2) is 31.1 Å². The number of methoxy groups -OCH3 is 1. The number of rotatable bonds is 6. The topological polar surface area (TPSA) is 96.5 Å². The monoisotopic (exact) mass is 387 g/mol. The molecule has 3 amide bonds. The minimum atomic E-state index is -0.926. The second-order valence-corrected chi connectivity index (χ2v) is 6.36. The van der Waals surface area contributed by atoms with Gasteiger partial charge in [0.25, 0.3) is 0 Å². The molecule has 0 radical (unpaired) electrons. The van der Waals surface area contributed by atoms with Gasteiger partial charge in [0.2, 0.25) is 5.91 Å². The van der Waals surface area contributed by atoms with Crippen LogP contribution < -0.4 is 16.0 Å². The van der Waals surface area contributed by atoms with Gasteiger partial charge >= 0.3 is 12.0 Å². The molecule has 0 heterocycles. The molecule has 2 aromatic rings. The number of anilines is 2. The third-order valence-corrected chi connectivity index (χ3v) is 3.91. The number of amides is 3. The van der Waals surface area contributed by atoms with E-state index in [0.717, 1.165) is 6.07 Å². The Balaban J connectivity index is 2.10. The zero-order valence-electron chi connectivity index (χ0n) is 15.8. The molecule has 0 fully saturated rings. The number of benzene rings is 2. The normalized spacial score (nSPS) is 11.5. The van der Waals surface area contributed by atoms with E-state index in [1.165, 1.54) is 19.2 Å². The van der Waals surface area contributed by atoms with Crippen molar-refractivity contribution in [1.29, 1.82) is 0 Å². The van der Waals surface area contributed by atoms with Gasteiger partial charge in [0.1, 0.15) is 11.9 Å². The van der Waals surface area contributed by atoms with Gasteiger partial charge in [-0.2, -0.15) is 0 Å². The van der Waals surface area contributed by atoms with Crippen LogP contribution in [0.4, 0.5) is 20.6 Å². The number of carbonyl (C=O) groups excluding carboxylic acids is 3. The molecule has 28 heavy (non-hydrogen) atoms. The number of carbonyl (C=O) groups is 3. The molecule has 0 aliphatic rings. The number of hydrogen-bond donors (Lipinski definition) is 3. The van der Waals surface area contributed by atoms with Crippen molar-refractivity contribution in [2.75, 3.05) is 17.7 Å². The predicted molar refractivity (Wildman–Crippen MR) is 104 cm³/mol. The summed E-state index contributed by atoms with van der Waals surface area (Å²) in [7, 11) is 1.20. The third-order valence-electron chi connectivity index (χ3n) is 3.91. The van der Waals surface area contributed by atoms with Crippen LogP contribution in [0.1, 0.15) is 24.2 Å². The fourth-order valence-corrected chi connectivity index (χ4v) is 2.44. The fourth-order valence-electron chi connectivity index (χ4n) is 2.44. The number of nitrogens with one attached hydrogen (secondary N) is 3. The summed E-state index contributed by atoms with van der Waals surface area (Å²) in [5.41, 5.74) is 0.485. The van der Waals surface area contributed by atoms with Crippen molar-refractivity contribution in [2.45, 2.75) is 19.9 Å². The van der Waals surface area contributed by atoms with Crippen LogP contribution in [0.2, 0.25) is 0 Å². The van der Waals surface area contributed by atoms with E-state index in [-0.39, 0.29) is 17.2 Å². The molecule has 7 nitrogen and oxygen atoms in total. The first-order valence-corrected chi connectivity index (χ1v) is 8.63. The Morgan fingerprint density at radius 3 is 2.29 bits per heavy atom. The Labute approximate surface area is 162 Å². The third kappa shape index (κ3) is 5.54. The maximum Gasteiger partial charge on any atom is 0.337 e. The Hall–Kier alpha value is -3.42. The summed E-state index contributed by atoms with van der Waals surface area (Å²) in [4.78, 5) is 36.4. The van der Waals surface area contributed by atoms with E-state index in [4.69, 9.17) is 0 Å². The number of esters is 1. The molecule has 1 atom stereocenters. The summed E-state index contributed by atoms with van der Waals surface area (Å²) in [5.74, 6) is -2.25. The van der Waals surface area contributed by atoms with Crippen molar-refractivity contribution in [1.82, 2.24) is 5.32 Å². The quantitative estimate of drug-likeness (QED) is 0.662. The fraction of sp³-hybridized carbons (Fsp3) is 0.250. The summed E-state index contributed by atoms with van der Waals surface area (Å²) in [6.45, 7) is 3.49. The minimum Gasteiger partial charge on any atom is -0.465 e. The summed E-state index contributed by atoms with van der Waals surface area (Å²) < 4.78 is 18.6. The van der Waals surface area contributed by atoms with Gasteiger partial charge < -0.3 is 20.7 Å². The largest absolute Gasteiger partial charge is 0.465 e. The van der Waals surface area contributed by atoms with Gasteiger partial charge in [-0.3, -0.25) is 4.79 Å². The lowest BCUT2D eigenvalue weighted by Crippen LogP contribution is -2.48. The zero-order valence-corrected chi connectivity index (χ0v) is 15.8. The average molecular weight is 387 g/mol. The van der Waals surface area contributed by atoms with Crippen LogP contribution in [0.25, 0.3) is 0 Å². The van der Waals surface area contributed by atoms with Crippen molar-refractivity contribution in [2.24, 2.45) is 5.92 Å². The van der Waals surface area contributed by atoms with Crippen LogP contribution in [-0.2, 0) is 9.53 Å². The van der Waals surface area contributed by atoms with E-state index in [1.807, 2.05) is 6.07 Å². The van der Waals surface area contributed by atoms with E-state index < -0.39 is 29.8 Å². The lowest BCUT2D eigenvalue weighted by atomic mass is 10.0. The van der Waals surface area contributed by atoms with Gasteiger partial charge in [0.05, 0.1) is 18.4 Å². The maximum absolute atomic E-state index is 14.0. The highest BCUT2D eigenvalue weighted by Gasteiger charge is 2.25. The summed E-state index contributed by atoms with van der Waals surface area (Å²) in [5, 5.41) is 7.62. The molecule has 0 saturated heterocycles. The summed E-state index contributed by atoms with van der Waals surface area (Å²) in [6.07, 6.45) is 0. The number of hydrogen-bond acceptors (Lipinski definition) is 4. The van der Waals surface area contributed by atoms with Crippen LogP contribution in [0, 0.1) is 11.7 Å². The first-order chi connectivity index (χ1) is 13.3. The Morgan fingerprint density at radius 1 is 1.00 bits per heavy atom.